The molecule has 0 aromatic heterocycles. The molecule has 0 heterocycles. The van der Waals surface area contributed by atoms with Crippen molar-refractivity contribution in [2.24, 2.45) is 57.8 Å². The molecular weight excluding hydrogens is 604 g/mol. The minimum Gasteiger partial charge on any atom is -0.493 e. The number of Topliss-reactive ketones (excluding diaryl/α,β-unsaturated/α-hetero) is 1. The quantitative estimate of drug-likeness (QED) is 0.148. The number of amides is 2. The van der Waals surface area contributed by atoms with Crippen LogP contribution in [0.25, 0.3) is 0 Å². The number of nitrogens with two attached hydrogens (primary N) is 2. The lowest BCUT2D eigenvalue weighted by Crippen LogP contribution is -2.54. The van der Waals surface area contributed by atoms with Gasteiger partial charge in [0, 0.05) is 31.7 Å². The lowest BCUT2D eigenvalue weighted by Gasteiger charge is -2.60. The molecule has 2 amide bonds. The number of rotatable bonds is 17. The number of aliphatic hydroxyl groups excluding tert-OH is 1. The van der Waals surface area contributed by atoms with Crippen molar-refractivity contribution in [1.82, 2.24) is 0 Å². The third-order valence-corrected chi connectivity index (χ3v) is 13.6. The monoisotopic (exact) mass is 666 g/mol. The topological polar surface area (TPSA) is 142 Å². The highest BCUT2D eigenvalue weighted by Gasteiger charge is 2.61. The summed E-state index contributed by atoms with van der Waals surface area (Å²) in [6.07, 6.45) is 14.9. The molecular formula is C40H62N2O6. The summed E-state index contributed by atoms with van der Waals surface area (Å²) >= 11 is 0. The highest BCUT2D eigenvalue weighted by molar-refractivity contribution is 5.79. The molecule has 0 radical (unpaired) electrons. The van der Waals surface area contributed by atoms with Crippen molar-refractivity contribution in [2.75, 3.05) is 13.2 Å². The molecule has 8 nitrogen and oxygen atoms in total. The molecule has 4 saturated carbocycles. The lowest BCUT2D eigenvalue weighted by atomic mass is 9.44. The zero-order valence-electron chi connectivity index (χ0n) is 29.9. The fraction of sp³-hybridized carbons (Fsp3) is 0.775. The molecule has 4 unspecified atom stereocenters. The van der Waals surface area contributed by atoms with Crippen LogP contribution in [-0.4, -0.2) is 35.9 Å². The molecule has 0 saturated heterocycles. The maximum absolute atomic E-state index is 12.3. The van der Waals surface area contributed by atoms with Gasteiger partial charge in [-0.15, -0.1) is 0 Å². The summed E-state index contributed by atoms with van der Waals surface area (Å²) in [4.78, 5) is 34.5. The van der Waals surface area contributed by atoms with Gasteiger partial charge >= 0.3 is 0 Å². The fourth-order valence-corrected chi connectivity index (χ4v) is 10.9. The van der Waals surface area contributed by atoms with Crippen LogP contribution >= 0.6 is 0 Å². The van der Waals surface area contributed by atoms with Gasteiger partial charge in [0.05, 0.1) is 19.3 Å². The molecule has 1 aromatic rings. The number of carbonyl (C=O) groups is 3. The Bertz CT molecular complexity index is 1240. The van der Waals surface area contributed by atoms with Crippen LogP contribution in [0, 0.1) is 46.3 Å². The maximum atomic E-state index is 12.3. The van der Waals surface area contributed by atoms with Crippen molar-refractivity contribution < 1.29 is 29.0 Å². The van der Waals surface area contributed by atoms with E-state index in [1.165, 1.54) is 32.1 Å². The van der Waals surface area contributed by atoms with E-state index in [-0.39, 0.29) is 23.1 Å². The van der Waals surface area contributed by atoms with E-state index in [1.54, 1.807) is 0 Å². The van der Waals surface area contributed by atoms with Crippen LogP contribution in [0.1, 0.15) is 142 Å². The molecule has 0 spiro atoms. The third kappa shape index (κ3) is 8.22. The second-order valence-corrected chi connectivity index (χ2v) is 16.4. The first kappa shape index (κ1) is 36.7. The number of ketones is 1. The van der Waals surface area contributed by atoms with E-state index in [0.29, 0.717) is 66.5 Å². The Labute approximate surface area is 288 Å². The van der Waals surface area contributed by atoms with Crippen LogP contribution in [0.5, 0.6) is 11.5 Å². The molecule has 8 heteroatoms. The second-order valence-electron chi connectivity index (χ2n) is 16.4. The Morgan fingerprint density at radius 1 is 0.812 bits per heavy atom. The first-order valence-electron chi connectivity index (χ1n) is 19.1. The Hall–Kier alpha value is -2.61. The van der Waals surface area contributed by atoms with Crippen molar-refractivity contribution in [3.8, 4) is 11.5 Å². The van der Waals surface area contributed by atoms with Crippen LogP contribution in [0.15, 0.2) is 18.2 Å². The highest BCUT2D eigenvalue weighted by Crippen LogP contribution is 2.68. The first-order valence-corrected chi connectivity index (χ1v) is 19.1. The van der Waals surface area contributed by atoms with Crippen molar-refractivity contribution in [3.63, 3.8) is 0 Å². The zero-order chi connectivity index (χ0) is 34.5. The summed E-state index contributed by atoms with van der Waals surface area (Å²) in [5, 5.41) is 12.0. The molecule has 5 rings (SSSR count). The van der Waals surface area contributed by atoms with Gasteiger partial charge in [0.15, 0.2) is 0 Å². The van der Waals surface area contributed by atoms with Gasteiger partial charge in [0.2, 0.25) is 11.8 Å². The molecule has 9 atom stereocenters. The largest absolute Gasteiger partial charge is 0.493 e. The van der Waals surface area contributed by atoms with Gasteiger partial charge < -0.3 is 26.0 Å². The van der Waals surface area contributed by atoms with Crippen LogP contribution in [0.4, 0.5) is 0 Å². The zero-order valence-corrected chi connectivity index (χ0v) is 29.9. The smallest absolute Gasteiger partial charge is 0.217 e. The summed E-state index contributed by atoms with van der Waals surface area (Å²) in [5.74, 6) is 4.52. The summed E-state index contributed by atoms with van der Waals surface area (Å²) in [6, 6.07) is 5.85. The number of carbonyl (C=O) groups excluding carboxylic acids is 3. The van der Waals surface area contributed by atoms with Gasteiger partial charge in [-0.05, 0) is 148 Å². The number of hydrogen-bond donors (Lipinski definition) is 3. The SMILES string of the molecule is CC(C(O)c1cc(OCCCCCC(N)=O)cc(OCCCCCC(N)=O)c1)C1CC[C@H]2[C@@H]3CCC4CC(=O)CC[C@]4(C)[C@@H]3CC[C@]12C. The number of unbranched alkanes of at least 4 members (excludes halogenated alkanes) is 4. The average molecular weight is 667 g/mol. The van der Waals surface area contributed by atoms with Gasteiger partial charge in [-0.1, -0.05) is 20.8 Å². The molecule has 4 fully saturated rings. The van der Waals surface area contributed by atoms with Gasteiger partial charge in [-0.2, -0.15) is 0 Å². The van der Waals surface area contributed by atoms with E-state index < -0.39 is 6.10 Å². The van der Waals surface area contributed by atoms with E-state index in [9.17, 15) is 19.5 Å². The van der Waals surface area contributed by atoms with Crippen LogP contribution in [-0.2, 0) is 14.4 Å². The molecule has 268 valence electrons. The fourth-order valence-electron chi connectivity index (χ4n) is 10.9. The lowest BCUT2D eigenvalue weighted by molar-refractivity contribution is -0.141. The van der Waals surface area contributed by atoms with Crippen molar-refractivity contribution in [3.05, 3.63) is 23.8 Å². The Morgan fingerprint density at radius 2 is 1.42 bits per heavy atom. The van der Waals surface area contributed by atoms with Crippen LogP contribution in [0.3, 0.4) is 0 Å². The number of fused-ring (bicyclic) bond motifs is 5. The van der Waals surface area contributed by atoms with Gasteiger partial charge in [0.25, 0.3) is 0 Å². The average Bonchev–Trinajstić information content (AvgIpc) is 3.40. The molecule has 0 bridgehead atoms. The minimum absolute atomic E-state index is 0.0847. The summed E-state index contributed by atoms with van der Waals surface area (Å²) in [7, 11) is 0. The first-order chi connectivity index (χ1) is 22.9. The third-order valence-electron chi connectivity index (χ3n) is 13.6. The maximum Gasteiger partial charge on any atom is 0.217 e. The normalized spacial score (nSPS) is 32.4. The molecule has 5 N–H and O–H groups in total. The number of ether oxygens (including phenoxy) is 2. The molecule has 4 aliphatic rings. The van der Waals surface area contributed by atoms with E-state index in [1.807, 2.05) is 18.2 Å². The van der Waals surface area contributed by atoms with Crippen LogP contribution in [0.2, 0.25) is 0 Å². The minimum atomic E-state index is -0.641. The number of hydrogen-bond acceptors (Lipinski definition) is 6. The van der Waals surface area contributed by atoms with Gasteiger partial charge in [0.1, 0.15) is 17.3 Å². The molecule has 0 aliphatic heterocycles. The summed E-state index contributed by atoms with van der Waals surface area (Å²) in [6.45, 7) is 8.31. The standard InChI is InChI=1S/C40H62N2O6/c1-26(33-14-15-34-32-13-12-28-24-29(43)16-18-39(28,2)35(32)17-19-40(33,34)3)38(46)27-22-30(47-20-8-4-6-10-36(41)44)25-31(23-27)48-21-9-5-7-11-37(42)45/h22-23,25-26,28,32-35,38,46H,4-21,24H2,1-3H3,(H2,41,44)(H2,42,45)/t26?,28?,32-,33?,34-,35+,38?,39-,40+/m0/s1. The summed E-state index contributed by atoms with van der Waals surface area (Å²) < 4.78 is 12.3. The Morgan fingerprint density at radius 3 is 2.02 bits per heavy atom. The predicted octanol–water partition coefficient (Wildman–Crippen LogP) is 7.43. The van der Waals surface area contributed by atoms with E-state index in [4.69, 9.17) is 20.9 Å². The highest BCUT2D eigenvalue weighted by atomic mass is 16.5. The van der Waals surface area contributed by atoms with Gasteiger partial charge in [-0.25, -0.2) is 0 Å². The number of aliphatic hydroxyl groups is 1. The Balaban J connectivity index is 1.26. The molecule has 48 heavy (non-hydrogen) atoms. The molecule has 1 aromatic carbocycles. The second kappa shape index (κ2) is 15.9. The summed E-state index contributed by atoms with van der Waals surface area (Å²) in [5.41, 5.74) is 11.9. The number of benzene rings is 1. The predicted molar refractivity (Wildman–Crippen MR) is 187 cm³/mol. The van der Waals surface area contributed by atoms with Crippen LogP contribution < -0.4 is 20.9 Å². The van der Waals surface area contributed by atoms with E-state index >= 15 is 0 Å². The van der Waals surface area contributed by atoms with E-state index in [2.05, 4.69) is 20.8 Å². The van der Waals surface area contributed by atoms with Crippen molar-refractivity contribution in [1.29, 1.82) is 0 Å². The van der Waals surface area contributed by atoms with E-state index in [0.717, 1.165) is 81.6 Å². The number of primary amides is 2. The Kier molecular flexibility index (Phi) is 12.2. The molecule has 4 aliphatic carbocycles. The van der Waals surface area contributed by atoms with Crippen molar-refractivity contribution >= 4 is 17.6 Å². The van der Waals surface area contributed by atoms with Crippen molar-refractivity contribution in [2.45, 2.75) is 136 Å². The van der Waals surface area contributed by atoms with Gasteiger partial charge in [-0.3, -0.25) is 14.4 Å².